The molecule has 74 valence electrons. The number of imidazole rings is 1. The van der Waals surface area contributed by atoms with Gasteiger partial charge in [0.05, 0.1) is 0 Å². The maximum atomic E-state index is 9.13. The van der Waals surface area contributed by atoms with Crippen molar-refractivity contribution < 1.29 is 5.11 Å². The second-order valence-corrected chi connectivity index (χ2v) is 3.18. The third-order valence-electron chi connectivity index (χ3n) is 2.17. The van der Waals surface area contributed by atoms with Crippen molar-refractivity contribution in [3.8, 4) is 0 Å². The predicted molar refractivity (Wildman–Crippen MR) is 53.7 cm³/mol. The van der Waals surface area contributed by atoms with Crippen LogP contribution in [0.5, 0.6) is 0 Å². The normalized spacial score (nSPS) is 11.0. The fourth-order valence-corrected chi connectivity index (χ4v) is 1.58. The Hall–Kier alpha value is -1.42. The topological polar surface area (TPSA) is 50.9 Å². The number of hydrogen-bond acceptors (Lipinski definition) is 3. The molecule has 0 aliphatic carbocycles. The minimum absolute atomic E-state index is 0.0314. The van der Waals surface area contributed by atoms with Crippen molar-refractivity contribution >= 4 is 11.2 Å². The summed E-state index contributed by atoms with van der Waals surface area (Å²) in [6, 6.07) is 3.76. The fourth-order valence-electron chi connectivity index (χ4n) is 1.58. The van der Waals surface area contributed by atoms with E-state index < -0.39 is 0 Å². The fraction of sp³-hybridized carbons (Fsp3) is 0.400. The zero-order valence-corrected chi connectivity index (χ0v) is 8.14. The van der Waals surface area contributed by atoms with Crippen LogP contribution in [0.25, 0.3) is 11.2 Å². The standard InChI is InChI=1S/C10H13N3O/c1-2-6-13-9(7-14)12-8-4-3-5-11-10(8)13/h3-5,14H,2,6-7H2,1H3. The molecule has 2 aromatic rings. The first-order valence-corrected chi connectivity index (χ1v) is 4.77. The van der Waals surface area contributed by atoms with Gasteiger partial charge in [0.15, 0.2) is 5.65 Å². The van der Waals surface area contributed by atoms with Gasteiger partial charge in [-0.15, -0.1) is 0 Å². The van der Waals surface area contributed by atoms with Gasteiger partial charge in [0.25, 0.3) is 0 Å². The van der Waals surface area contributed by atoms with Crippen molar-refractivity contribution in [3.05, 3.63) is 24.2 Å². The summed E-state index contributed by atoms with van der Waals surface area (Å²) >= 11 is 0. The van der Waals surface area contributed by atoms with Crippen LogP contribution in [0.4, 0.5) is 0 Å². The minimum Gasteiger partial charge on any atom is -0.388 e. The number of hydrogen-bond donors (Lipinski definition) is 1. The van der Waals surface area contributed by atoms with E-state index in [-0.39, 0.29) is 6.61 Å². The van der Waals surface area contributed by atoms with E-state index in [9.17, 15) is 0 Å². The number of pyridine rings is 1. The van der Waals surface area contributed by atoms with Crippen LogP contribution in [-0.4, -0.2) is 19.6 Å². The van der Waals surface area contributed by atoms with E-state index in [1.807, 2.05) is 16.7 Å². The Balaban J connectivity index is 2.61. The molecule has 4 heteroatoms. The van der Waals surface area contributed by atoms with Crippen LogP contribution in [0, 0.1) is 0 Å². The number of aliphatic hydroxyl groups excluding tert-OH is 1. The lowest BCUT2D eigenvalue weighted by atomic mass is 10.4. The Bertz CT molecular complexity index is 436. The molecule has 0 bridgehead atoms. The van der Waals surface area contributed by atoms with Gasteiger partial charge in [-0.25, -0.2) is 9.97 Å². The smallest absolute Gasteiger partial charge is 0.160 e. The molecule has 0 atom stereocenters. The summed E-state index contributed by atoms with van der Waals surface area (Å²) in [7, 11) is 0. The quantitative estimate of drug-likeness (QED) is 0.796. The highest BCUT2D eigenvalue weighted by Crippen LogP contribution is 2.13. The Kier molecular flexibility index (Phi) is 2.45. The maximum Gasteiger partial charge on any atom is 0.160 e. The van der Waals surface area contributed by atoms with Crippen LogP contribution in [-0.2, 0) is 13.2 Å². The average molecular weight is 191 g/mol. The number of aliphatic hydroxyl groups is 1. The molecule has 2 rings (SSSR count). The zero-order valence-electron chi connectivity index (χ0n) is 8.14. The lowest BCUT2D eigenvalue weighted by molar-refractivity contribution is 0.265. The van der Waals surface area contributed by atoms with Gasteiger partial charge in [0.1, 0.15) is 17.9 Å². The number of aromatic nitrogens is 3. The summed E-state index contributed by atoms with van der Waals surface area (Å²) in [6.07, 6.45) is 2.76. The molecule has 0 radical (unpaired) electrons. The Labute approximate surface area is 82.2 Å². The largest absolute Gasteiger partial charge is 0.388 e. The van der Waals surface area contributed by atoms with Gasteiger partial charge in [-0.3, -0.25) is 0 Å². The molecule has 1 N–H and O–H groups in total. The molecule has 4 nitrogen and oxygen atoms in total. The first-order chi connectivity index (χ1) is 6.86. The summed E-state index contributed by atoms with van der Waals surface area (Å²) < 4.78 is 1.97. The number of nitrogens with zero attached hydrogens (tertiary/aromatic N) is 3. The second-order valence-electron chi connectivity index (χ2n) is 3.18. The van der Waals surface area contributed by atoms with Gasteiger partial charge >= 0.3 is 0 Å². The summed E-state index contributed by atoms with van der Waals surface area (Å²) in [5, 5.41) is 9.13. The third kappa shape index (κ3) is 1.37. The van der Waals surface area contributed by atoms with Crippen molar-refractivity contribution in [2.24, 2.45) is 0 Å². The molecule has 0 spiro atoms. The molecular formula is C10H13N3O. The summed E-state index contributed by atoms with van der Waals surface area (Å²) in [6.45, 7) is 2.91. The number of aryl methyl sites for hydroxylation is 1. The van der Waals surface area contributed by atoms with Crippen molar-refractivity contribution in [1.82, 2.24) is 14.5 Å². The minimum atomic E-state index is -0.0314. The van der Waals surface area contributed by atoms with Crippen LogP contribution in [0.2, 0.25) is 0 Å². The lowest BCUT2D eigenvalue weighted by Crippen LogP contribution is -2.03. The highest BCUT2D eigenvalue weighted by Gasteiger charge is 2.08. The van der Waals surface area contributed by atoms with Crippen molar-refractivity contribution in [3.63, 3.8) is 0 Å². The molecule has 0 saturated carbocycles. The summed E-state index contributed by atoms with van der Waals surface area (Å²) in [5.74, 6) is 0.695. The first kappa shape index (κ1) is 9.15. The second kappa shape index (κ2) is 3.75. The molecule has 2 heterocycles. The SMILES string of the molecule is CCCn1c(CO)nc2cccnc21. The van der Waals surface area contributed by atoms with E-state index in [2.05, 4.69) is 16.9 Å². The van der Waals surface area contributed by atoms with E-state index in [1.165, 1.54) is 0 Å². The zero-order chi connectivity index (χ0) is 9.97. The van der Waals surface area contributed by atoms with Gasteiger partial charge in [-0.1, -0.05) is 6.92 Å². The van der Waals surface area contributed by atoms with E-state index in [0.29, 0.717) is 5.82 Å². The Morgan fingerprint density at radius 2 is 2.36 bits per heavy atom. The molecule has 0 amide bonds. The molecular weight excluding hydrogens is 178 g/mol. The van der Waals surface area contributed by atoms with Crippen LogP contribution in [0.15, 0.2) is 18.3 Å². The number of rotatable bonds is 3. The molecule has 0 fully saturated rings. The van der Waals surface area contributed by atoms with Gasteiger partial charge in [-0.2, -0.15) is 0 Å². The van der Waals surface area contributed by atoms with E-state index in [1.54, 1.807) is 6.20 Å². The van der Waals surface area contributed by atoms with E-state index >= 15 is 0 Å². The van der Waals surface area contributed by atoms with Gasteiger partial charge in [-0.05, 0) is 18.6 Å². The van der Waals surface area contributed by atoms with Crippen molar-refractivity contribution in [2.45, 2.75) is 26.5 Å². The Morgan fingerprint density at radius 1 is 1.50 bits per heavy atom. The molecule has 2 aromatic heterocycles. The van der Waals surface area contributed by atoms with Gasteiger partial charge in [0, 0.05) is 12.7 Å². The monoisotopic (exact) mass is 191 g/mol. The van der Waals surface area contributed by atoms with Crippen LogP contribution in [0.1, 0.15) is 19.2 Å². The Morgan fingerprint density at radius 3 is 3.07 bits per heavy atom. The predicted octanol–water partition coefficient (Wildman–Crippen LogP) is 1.33. The third-order valence-corrected chi connectivity index (χ3v) is 2.17. The van der Waals surface area contributed by atoms with Gasteiger partial charge < -0.3 is 9.67 Å². The first-order valence-electron chi connectivity index (χ1n) is 4.77. The van der Waals surface area contributed by atoms with Gasteiger partial charge in [0.2, 0.25) is 0 Å². The number of fused-ring (bicyclic) bond motifs is 1. The summed E-state index contributed by atoms with van der Waals surface area (Å²) in [5.41, 5.74) is 1.71. The molecule has 0 unspecified atom stereocenters. The molecule has 0 saturated heterocycles. The highest BCUT2D eigenvalue weighted by atomic mass is 16.3. The van der Waals surface area contributed by atoms with E-state index in [4.69, 9.17) is 5.11 Å². The van der Waals surface area contributed by atoms with Crippen LogP contribution < -0.4 is 0 Å². The lowest BCUT2D eigenvalue weighted by Gasteiger charge is -2.03. The maximum absolute atomic E-state index is 9.13. The van der Waals surface area contributed by atoms with Crippen LogP contribution in [0.3, 0.4) is 0 Å². The highest BCUT2D eigenvalue weighted by molar-refractivity contribution is 5.71. The summed E-state index contributed by atoms with van der Waals surface area (Å²) in [4.78, 5) is 8.56. The van der Waals surface area contributed by atoms with E-state index in [0.717, 1.165) is 24.1 Å². The molecule has 0 aliphatic heterocycles. The molecule has 0 aromatic carbocycles. The molecule has 14 heavy (non-hydrogen) atoms. The average Bonchev–Trinajstić information content (AvgIpc) is 2.58. The van der Waals surface area contributed by atoms with Crippen LogP contribution >= 0.6 is 0 Å². The van der Waals surface area contributed by atoms with Crippen molar-refractivity contribution in [2.75, 3.05) is 0 Å². The molecule has 0 aliphatic rings. The van der Waals surface area contributed by atoms with Crippen molar-refractivity contribution in [1.29, 1.82) is 0 Å².